The third-order valence-corrected chi connectivity index (χ3v) is 4.99. The third-order valence-electron chi connectivity index (χ3n) is 4.99. The molecule has 1 aliphatic heterocycles. The lowest BCUT2D eigenvalue weighted by atomic mass is 9.95. The molecule has 0 bridgehead atoms. The molecule has 1 fully saturated rings. The molecule has 3 aromatic rings. The highest BCUT2D eigenvalue weighted by Crippen LogP contribution is 2.42. The minimum Gasteiger partial charge on any atom is -0.507 e. The highest BCUT2D eigenvalue weighted by Gasteiger charge is 2.46. The van der Waals surface area contributed by atoms with E-state index >= 15 is 0 Å². The molecular weight excluding hydrogens is 369 g/mol. The van der Waals surface area contributed by atoms with E-state index in [-0.39, 0.29) is 11.3 Å². The Labute approximate surface area is 167 Å². The molecule has 1 heterocycles. The molecule has 1 aliphatic rings. The summed E-state index contributed by atoms with van der Waals surface area (Å²) in [6, 6.07) is 20.5. The summed E-state index contributed by atoms with van der Waals surface area (Å²) in [6.45, 7) is 1.92. The lowest BCUT2D eigenvalue weighted by molar-refractivity contribution is -0.132. The van der Waals surface area contributed by atoms with Crippen molar-refractivity contribution in [3.63, 3.8) is 0 Å². The fourth-order valence-corrected chi connectivity index (χ4v) is 3.52. The molecule has 144 valence electrons. The van der Waals surface area contributed by atoms with Gasteiger partial charge in [-0.3, -0.25) is 14.5 Å². The van der Waals surface area contributed by atoms with Crippen molar-refractivity contribution in [3.05, 3.63) is 107 Å². The Bertz CT molecular complexity index is 1100. The van der Waals surface area contributed by atoms with Gasteiger partial charge in [-0.1, -0.05) is 60.2 Å². The topological polar surface area (TPSA) is 57.6 Å². The second-order valence-electron chi connectivity index (χ2n) is 6.92. The monoisotopic (exact) mass is 387 g/mol. The summed E-state index contributed by atoms with van der Waals surface area (Å²) in [4.78, 5) is 27.2. The quantitative estimate of drug-likeness (QED) is 0.400. The number of rotatable bonds is 3. The van der Waals surface area contributed by atoms with Crippen molar-refractivity contribution in [2.24, 2.45) is 0 Å². The predicted molar refractivity (Wildman–Crippen MR) is 109 cm³/mol. The molecule has 4 rings (SSSR count). The van der Waals surface area contributed by atoms with Crippen LogP contribution in [-0.4, -0.2) is 16.8 Å². The van der Waals surface area contributed by atoms with Gasteiger partial charge in [-0.05, 0) is 36.8 Å². The Kier molecular flexibility index (Phi) is 4.72. The van der Waals surface area contributed by atoms with Crippen LogP contribution in [0.25, 0.3) is 5.76 Å². The van der Waals surface area contributed by atoms with Crippen molar-refractivity contribution < 1.29 is 19.1 Å². The van der Waals surface area contributed by atoms with E-state index in [2.05, 4.69) is 0 Å². The standard InChI is InChI=1S/C24H18FNO3/c1-15-7-13-19(14-8-15)26-21(16-9-11-18(25)12-10-16)20(23(28)24(26)29)22(27)17-5-3-2-4-6-17/h2-14,21,27H,1H3/t21-/m1/s1. The molecule has 0 aromatic heterocycles. The van der Waals surface area contributed by atoms with Gasteiger partial charge in [0.25, 0.3) is 11.7 Å². The van der Waals surface area contributed by atoms with Gasteiger partial charge in [-0.15, -0.1) is 0 Å². The first-order chi connectivity index (χ1) is 14.0. The van der Waals surface area contributed by atoms with Gasteiger partial charge in [0.1, 0.15) is 11.6 Å². The largest absolute Gasteiger partial charge is 0.507 e. The third kappa shape index (κ3) is 3.31. The molecular formula is C24H18FNO3. The minimum atomic E-state index is -0.862. The summed E-state index contributed by atoms with van der Waals surface area (Å²) in [6.07, 6.45) is 0. The fraction of sp³-hybridized carbons (Fsp3) is 0.0833. The smallest absolute Gasteiger partial charge is 0.300 e. The lowest BCUT2D eigenvalue weighted by Gasteiger charge is -2.25. The normalized spacial score (nSPS) is 18.3. The number of hydrogen-bond acceptors (Lipinski definition) is 3. The summed E-state index contributed by atoms with van der Waals surface area (Å²) in [5.74, 6) is -2.20. The average Bonchev–Trinajstić information content (AvgIpc) is 3.00. The van der Waals surface area contributed by atoms with Crippen LogP contribution in [0, 0.1) is 12.7 Å². The van der Waals surface area contributed by atoms with Crippen LogP contribution in [0.3, 0.4) is 0 Å². The second-order valence-corrected chi connectivity index (χ2v) is 6.92. The highest BCUT2D eigenvalue weighted by molar-refractivity contribution is 6.51. The number of ketones is 1. The predicted octanol–water partition coefficient (Wildman–Crippen LogP) is 4.76. The Balaban J connectivity index is 1.94. The second kappa shape index (κ2) is 7.36. The maximum Gasteiger partial charge on any atom is 0.300 e. The number of carbonyl (C=O) groups excluding carboxylic acids is 2. The van der Waals surface area contributed by atoms with E-state index in [1.807, 2.05) is 19.1 Å². The zero-order valence-electron chi connectivity index (χ0n) is 15.7. The van der Waals surface area contributed by atoms with Crippen LogP contribution in [0.1, 0.15) is 22.7 Å². The molecule has 0 saturated carbocycles. The van der Waals surface area contributed by atoms with Gasteiger partial charge in [0, 0.05) is 11.3 Å². The Morgan fingerprint density at radius 2 is 1.52 bits per heavy atom. The van der Waals surface area contributed by atoms with E-state index < -0.39 is 23.5 Å². The van der Waals surface area contributed by atoms with Crippen LogP contribution in [0.15, 0.2) is 84.4 Å². The number of hydrogen-bond donors (Lipinski definition) is 1. The molecule has 3 aromatic carbocycles. The molecule has 1 amide bonds. The van der Waals surface area contributed by atoms with E-state index in [9.17, 15) is 19.1 Å². The van der Waals surface area contributed by atoms with Gasteiger partial charge < -0.3 is 5.11 Å². The van der Waals surface area contributed by atoms with Crippen molar-refractivity contribution >= 4 is 23.1 Å². The zero-order valence-corrected chi connectivity index (χ0v) is 15.7. The van der Waals surface area contributed by atoms with Crippen LogP contribution in [0.5, 0.6) is 0 Å². The van der Waals surface area contributed by atoms with Crippen molar-refractivity contribution in [3.8, 4) is 0 Å². The van der Waals surface area contributed by atoms with E-state index in [1.165, 1.54) is 29.2 Å². The Hall–Kier alpha value is -3.73. The first-order valence-electron chi connectivity index (χ1n) is 9.16. The van der Waals surface area contributed by atoms with Crippen molar-refractivity contribution in [2.45, 2.75) is 13.0 Å². The number of aliphatic hydroxyl groups is 1. The molecule has 0 unspecified atom stereocenters. The first-order valence-corrected chi connectivity index (χ1v) is 9.16. The number of halogens is 1. The lowest BCUT2D eigenvalue weighted by Crippen LogP contribution is -2.29. The van der Waals surface area contributed by atoms with Gasteiger partial charge >= 0.3 is 0 Å². The average molecular weight is 387 g/mol. The number of aliphatic hydroxyl groups excluding tert-OH is 1. The fourth-order valence-electron chi connectivity index (χ4n) is 3.52. The number of amides is 1. The van der Waals surface area contributed by atoms with Gasteiger partial charge in [0.2, 0.25) is 0 Å². The van der Waals surface area contributed by atoms with Gasteiger partial charge in [0.15, 0.2) is 0 Å². The number of nitrogens with zero attached hydrogens (tertiary/aromatic N) is 1. The van der Waals surface area contributed by atoms with Gasteiger partial charge in [-0.2, -0.15) is 0 Å². The SMILES string of the molecule is Cc1ccc(N2C(=O)C(=O)C(=C(O)c3ccccc3)[C@H]2c2ccc(F)cc2)cc1. The molecule has 29 heavy (non-hydrogen) atoms. The summed E-state index contributed by atoms with van der Waals surface area (Å²) < 4.78 is 13.5. The maximum atomic E-state index is 13.5. The molecule has 5 heteroatoms. The minimum absolute atomic E-state index is 0.0200. The zero-order chi connectivity index (χ0) is 20.5. The number of anilines is 1. The van der Waals surface area contributed by atoms with Gasteiger partial charge in [-0.25, -0.2) is 4.39 Å². The van der Waals surface area contributed by atoms with E-state index in [4.69, 9.17) is 0 Å². The van der Waals surface area contributed by atoms with Crippen molar-refractivity contribution in [1.29, 1.82) is 0 Å². The number of benzene rings is 3. The molecule has 0 radical (unpaired) electrons. The summed E-state index contributed by atoms with van der Waals surface area (Å²) >= 11 is 0. The van der Waals surface area contributed by atoms with Crippen LogP contribution in [0.4, 0.5) is 10.1 Å². The van der Waals surface area contributed by atoms with Crippen LogP contribution in [0.2, 0.25) is 0 Å². The van der Waals surface area contributed by atoms with E-state index in [1.54, 1.807) is 42.5 Å². The number of carbonyl (C=O) groups is 2. The molecule has 1 atom stereocenters. The first kappa shape index (κ1) is 18.6. The van der Waals surface area contributed by atoms with E-state index in [0.717, 1.165) is 5.56 Å². The maximum absolute atomic E-state index is 13.5. The molecule has 0 spiro atoms. The van der Waals surface area contributed by atoms with Crippen LogP contribution in [-0.2, 0) is 9.59 Å². The molecule has 1 saturated heterocycles. The molecule has 4 nitrogen and oxygen atoms in total. The van der Waals surface area contributed by atoms with Crippen molar-refractivity contribution in [2.75, 3.05) is 4.90 Å². The Morgan fingerprint density at radius 3 is 2.14 bits per heavy atom. The highest BCUT2D eigenvalue weighted by atomic mass is 19.1. The molecule has 0 aliphatic carbocycles. The number of Topliss-reactive ketones (excluding diaryl/α,β-unsaturated/α-hetero) is 1. The van der Waals surface area contributed by atoms with E-state index in [0.29, 0.717) is 16.8 Å². The van der Waals surface area contributed by atoms with Crippen LogP contribution < -0.4 is 4.90 Å². The Morgan fingerprint density at radius 1 is 0.897 bits per heavy atom. The summed E-state index contributed by atoms with van der Waals surface area (Å²) in [5.41, 5.74) is 2.48. The van der Waals surface area contributed by atoms with Crippen LogP contribution >= 0.6 is 0 Å². The summed E-state index contributed by atoms with van der Waals surface area (Å²) in [5, 5.41) is 10.9. The summed E-state index contributed by atoms with van der Waals surface area (Å²) in [7, 11) is 0. The molecule has 1 N–H and O–H groups in total. The van der Waals surface area contributed by atoms with Crippen molar-refractivity contribution in [1.82, 2.24) is 0 Å². The number of aryl methyl sites for hydroxylation is 1. The van der Waals surface area contributed by atoms with Gasteiger partial charge in [0.05, 0.1) is 11.6 Å².